The van der Waals surface area contributed by atoms with E-state index in [1.807, 2.05) is 6.07 Å². The molecule has 112 valence electrons. The standard InChI is InChI=1S/C15H15Cl3N2O/c1-9(2)20-7-10-3-11(8-19-6-10)21-15-5-13(17)12(16)4-14(15)18/h3-6,8-9,20H,7H2,1-2H3. The summed E-state index contributed by atoms with van der Waals surface area (Å²) in [5.74, 6) is 1.04. The molecule has 1 heterocycles. The largest absolute Gasteiger partial charge is 0.454 e. The van der Waals surface area contributed by atoms with Crippen molar-refractivity contribution in [1.29, 1.82) is 0 Å². The molecule has 1 N–H and O–H groups in total. The first-order valence-corrected chi connectivity index (χ1v) is 7.59. The third kappa shape index (κ3) is 4.75. The minimum atomic E-state index is 0.390. The molecule has 0 unspecified atom stereocenters. The number of nitrogens with one attached hydrogen (secondary N) is 1. The molecule has 0 radical (unpaired) electrons. The van der Waals surface area contributed by atoms with Gasteiger partial charge in [0.25, 0.3) is 0 Å². The molecule has 3 nitrogen and oxygen atoms in total. The Hall–Kier alpha value is -1.000. The lowest BCUT2D eigenvalue weighted by molar-refractivity contribution is 0.478. The van der Waals surface area contributed by atoms with Crippen molar-refractivity contribution in [3.63, 3.8) is 0 Å². The molecule has 2 aromatic rings. The van der Waals surface area contributed by atoms with Gasteiger partial charge in [0, 0.05) is 24.8 Å². The number of hydrogen-bond donors (Lipinski definition) is 1. The third-order valence-electron chi connectivity index (χ3n) is 2.69. The van der Waals surface area contributed by atoms with E-state index < -0.39 is 0 Å². The Kier molecular flexibility index (Phi) is 5.71. The molecule has 0 aliphatic carbocycles. The molecule has 2 rings (SSSR count). The molecule has 0 atom stereocenters. The Morgan fingerprint density at radius 3 is 2.48 bits per heavy atom. The highest BCUT2D eigenvalue weighted by molar-refractivity contribution is 6.43. The van der Waals surface area contributed by atoms with Gasteiger partial charge in [-0.25, -0.2) is 0 Å². The summed E-state index contributed by atoms with van der Waals surface area (Å²) in [6.07, 6.45) is 3.41. The van der Waals surface area contributed by atoms with Gasteiger partial charge in [-0.3, -0.25) is 4.98 Å². The molecule has 0 saturated heterocycles. The van der Waals surface area contributed by atoms with E-state index in [0.717, 1.165) is 12.1 Å². The van der Waals surface area contributed by atoms with Crippen LogP contribution in [-0.2, 0) is 6.54 Å². The van der Waals surface area contributed by atoms with Crippen molar-refractivity contribution in [2.24, 2.45) is 0 Å². The van der Waals surface area contributed by atoms with Crippen molar-refractivity contribution < 1.29 is 4.74 Å². The van der Waals surface area contributed by atoms with Crippen LogP contribution in [0.1, 0.15) is 19.4 Å². The van der Waals surface area contributed by atoms with Gasteiger partial charge in [-0.15, -0.1) is 0 Å². The maximum absolute atomic E-state index is 6.09. The summed E-state index contributed by atoms with van der Waals surface area (Å²) >= 11 is 18.0. The predicted octanol–water partition coefficient (Wildman–Crippen LogP) is 5.33. The van der Waals surface area contributed by atoms with Gasteiger partial charge in [0.1, 0.15) is 11.5 Å². The van der Waals surface area contributed by atoms with Crippen molar-refractivity contribution >= 4 is 34.8 Å². The molecule has 0 aliphatic heterocycles. The number of rotatable bonds is 5. The van der Waals surface area contributed by atoms with E-state index in [4.69, 9.17) is 39.5 Å². The Bertz CT molecular complexity index is 632. The first-order chi connectivity index (χ1) is 9.95. The van der Waals surface area contributed by atoms with Gasteiger partial charge >= 0.3 is 0 Å². The van der Waals surface area contributed by atoms with E-state index in [0.29, 0.717) is 32.6 Å². The molecular formula is C15H15Cl3N2O. The highest BCUT2D eigenvalue weighted by Gasteiger charge is 2.09. The van der Waals surface area contributed by atoms with E-state index >= 15 is 0 Å². The van der Waals surface area contributed by atoms with E-state index in [1.54, 1.807) is 24.5 Å². The molecule has 0 fully saturated rings. The van der Waals surface area contributed by atoms with Crippen molar-refractivity contribution in [2.75, 3.05) is 0 Å². The van der Waals surface area contributed by atoms with Crippen LogP contribution in [0.5, 0.6) is 11.5 Å². The molecule has 0 saturated carbocycles. The van der Waals surface area contributed by atoms with Crippen molar-refractivity contribution in [3.05, 3.63) is 51.2 Å². The van der Waals surface area contributed by atoms with Gasteiger partial charge in [-0.1, -0.05) is 48.7 Å². The third-order valence-corrected chi connectivity index (χ3v) is 3.70. The zero-order valence-electron chi connectivity index (χ0n) is 11.7. The fourth-order valence-electron chi connectivity index (χ4n) is 1.65. The van der Waals surface area contributed by atoms with Crippen LogP contribution >= 0.6 is 34.8 Å². The van der Waals surface area contributed by atoms with Crippen LogP contribution < -0.4 is 10.1 Å². The Balaban J connectivity index is 2.16. The Morgan fingerprint density at radius 1 is 1.05 bits per heavy atom. The van der Waals surface area contributed by atoms with Crippen LogP contribution in [0.25, 0.3) is 0 Å². The van der Waals surface area contributed by atoms with Crippen LogP contribution in [-0.4, -0.2) is 11.0 Å². The number of halogens is 3. The van der Waals surface area contributed by atoms with Crippen molar-refractivity contribution in [3.8, 4) is 11.5 Å². The fraction of sp³-hybridized carbons (Fsp3) is 0.267. The van der Waals surface area contributed by atoms with E-state index in [1.165, 1.54) is 0 Å². The summed E-state index contributed by atoms with van der Waals surface area (Å²) < 4.78 is 5.73. The molecule has 0 bridgehead atoms. The second-order valence-corrected chi connectivity index (χ2v) is 6.08. The van der Waals surface area contributed by atoms with Gasteiger partial charge in [-0.2, -0.15) is 0 Å². The summed E-state index contributed by atoms with van der Waals surface area (Å²) in [5, 5.41) is 4.50. The van der Waals surface area contributed by atoms with Crippen LogP contribution in [0.15, 0.2) is 30.6 Å². The minimum absolute atomic E-state index is 0.390. The molecule has 0 amide bonds. The fourth-order valence-corrected chi connectivity index (χ4v) is 2.22. The van der Waals surface area contributed by atoms with E-state index in [9.17, 15) is 0 Å². The second-order valence-electron chi connectivity index (χ2n) is 4.86. The number of pyridine rings is 1. The Labute approximate surface area is 139 Å². The van der Waals surface area contributed by atoms with Gasteiger partial charge in [0.15, 0.2) is 0 Å². The van der Waals surface area contributed by atoms with E-state index in [2.05, 4.69) is 24.1 Å². The number of benzene rings is 1. The van der Waals surface area contributed by atoms with Gasteiger partial charge in [0.2, 0.25) is 0 Å². The maximum Gasteiger partial charge on any atom is 0.147 e. The highest BCUT2D eigenvalue weighted by atomic mass is 35.5. The van der Waals surface area contributed by atoms with Crippen LogP contribution in [0.4, 0.5) is 0 Å². The molecule has 1 aromatic heterocycles. The zero-order valence-corrected chi connectivity index (χ0v) is 13.9. The molecular weight excluding hydrogens is 331 g/mol. The first-order valence-electron chi connectivity index (χ1n) is 6.45. The van der Waals surface area contributed by atoms with E-state index in [-0.39, 0.29) is 0 Å². The molecule has 21 heavy (non-hydrogen) atoms. The molecule has 6 heteroatoms. The number of ether oxygens (including phenoxy) is 1. The van der Waals surface area contributed by atoms with Gasteiger partial charge in [-0.05, 0) is 17.7 Å². The smallest absolute Gasteiger partial charge is 0.147 e. The first kappa shape index (κ1) is 16.4. The van der Waals surface area contributed by atoms with Crippen molar-refractivity contribution in [2.45, 2.75) is 26.4 Å². The lowest BCUT2D eigenvalue weighted by Crippen LogP contribution is -2.21. The average Bonchev–Trinajstić information content (AvgIpc) is 2.43. The monoisotopic (exact) mass is 344 g/mol. The zero-order chi connectivity index (χ0) is 15.4. The van der Waals surface area contributed by atoms with Crippen LogP contribution in [0, 0.1) is 0 Å². The molecule has 0 spiro atoms. The number of hydrogen-bond acceptors (Lipinski definition) is 3. The van der Waals surface area contributed by atoms with Crippen LogP contribution in [0.3, 0.4) is 0 Å². The maximum atomic E-state index is 6.09. The molecule has 0 aliphatic rings. The summed E-state index contributed by atoms with van der Waals surface area (Å²) in [7, 11) is 0. The summed E-state index contributed by atoms with van der Waals surface area (Å²) in [4.78, 5) is 4.16. The van der Waals surface area contributed by atoms with Gasteiger partial charge < -0.3 is 10.1 Å². The molecule has 1 aromatic carbocycles. The van der Waals surface area contributed by atoms with Crippen molar-refractivity contribution in [1.82, 2.24) is 10.3 Å². The minimum Gasteiger partial charge on any atom is -0.454 e. The number of nitrogens with zero attached hydrogens (tertiary/aromatic N) is 1. The SMILES string of the molecule is CC(C)NCc1cncc(Oc2cc(Cl)c(Cl)cc2Cl)c1. The highest BCUT2D eigenvalue weighted by Crippen LogP contribution is 2.36. The second kappa shape index (κ2) is 7.32. The summed E-state index contributed by atoms with van der Waals surface area (Å²) in [6.45, 7) is 4.89. The predicted molar refractivity (Wildman–Crippen MR) is 87.8 cm³/mol. The Morgan fingerprint density at radius 2 is 1.76 bits per heavy atom. The van der Waals surface area contributed by atoms with Gasteiger partial charge in [0.05, 0.1) is 21.3 Å². The normalized spacial score (nSPS) is 11.0. The van der Waals surface area contributed by atoms with Crippen LogP contribution in [0.2, 0.25) is 15.1 Å². The summed E-state index contributed by atoms with van der Waals surface area (Å²) in [5.41, 5.74) is 1.03. The lowest BCUT2D eigenvalue weighted by atomic mass is 10.2. The average molecular weight is 346 g/mol. The topological polar surface area (TPSA) is 34.2 Å². The quantitative estimate of drug-likeness (QED) is 0.743. The number of aromatic nitrogens is 1. The summed E-state index contributed by atoms with van der Waals surface area (Å²) in [6, 6.07) is 5.45. The lowest BCUT2D eigenvalue weighted by Gasteiger charge is -2.11.